The van der Waals surface area contributed by atoms with Crippen molar-refractivity contribution in [2.24, 2.45) is 11.8 Å². The number of ether oxygens (including phenoxy) is 2. The highest BCUT2D eigenvalue weighted by Gasteiger charge is 2.48. The molecule has 2 aliphatic rings. The second-order valence-corrected chi connectivity index (χ2v) is 11.7. The van der Waals surface area contributed by atoms with Gasteiger partial charge in [0.15, 0.2) is 9.84 Å². The van der Waals surface area contributed by atoms with Gasteiger partial charge in [0.2, 0.25) is 5.88 Å². The Kier molecular flexibility index (Phi) is 7.05. The highest BCUT2D eigenvalue weighted by molar-refractivity contribution is 7.91. The molecule has 0 aliphatic carbocycles. The largest absolute Gasteiger partial charge is 0.473 e. The number of amides is 1. The van der Waals surface area contributed by atoms with Crippen LogP contribution in [-0.2, 0) is 14.6 Å². The molecule has 10 nitrogen and oxygen atoms in total. The molecule has 12 heteroatoms. The van der Waals surface area contributed by atoms with E-state index in [0.29, 0.717) is 33.5 Å². The molecule has 2 bridgehead atoms. The van der Waals surface area contributed by atoms with Crippen LogP contribution in [0.3, 0.4) is 0 Å². The minimum absolute atomic E-state index is 0.0737. The number of sulfone groups is 1. The maximum absolute atomic E-state index is 12.5. The Hall–Kier alpha value is -3.10. The molecular weight excluding hydrogens is 494 g/mol. The third-order valence-corrected chi connectivity index (χ3v) is 8.19. The maximum atomic E-state index is 12.5. The predicted molar refractivity (Wildman–Crippen MR) is 129 cm³/mol. The van der Waals surface area contributed by atoms with E-state index in [4.69, 9.17) is 26.3 Å². The molecule has 4 rings (SSSR count). The number of hydrogen-bond donors (Lipinski definition) is 1. The van der Waals surface area contributed by atoms with Crippen LogP contribution in [0.2, 0.25) is 5.02 Å². The van der Waals surface area contributed by atoms with Crippen molar-refractivity contribution < 1.29 is 22.7 Å². The van der Waals surface area contributed by atoms with Gasteiger partial charge in [0, 0.05) is 24.9 Å². The number of nitriles is 1. The number of rotatable bonds is 5. The quantitative estimate of drug-likeness (QED) is 0.630. The molecule has 1 aromatic heterocycles. The van der Waals surface area contributed by atoms with E-state index in [0.717, 1.165) is 0 Å². The first-order valence-corrected chi connectivity index (χ1v) is 13.4. The van der Waals surface area contributed by atoms with Crippen molar-refractivity contribution in [1.82, 2.24) is 14.9 Å². The highest BCUT2D eigenvalue weighted by Crippen LogP contribution is 2.36. The van der Waals surface area contributed by atoms with E-state index in [1.54, 1.807) is 43.9 Å². The van der Waals surface area contributed by atoms with Crippen LogP contribution in [0.5, 0.6) is 5.88 Å². The summed E-state index contributed by atoms with van der Waals surface area (Å²) in [5.74, 6) is -0.176. The number of halogens is 1. The fourth-order valence-corrected chi connectivity index (χ4v) is 6.75. The Morgan fingerprint density at radius 3 is 2.54 bits per heavy atom. The van der Waals surface area contributed by atoms with Crippen LogP contribution < -0.4 is 10.1 Å². The number of carbonyl (C=O) groups excluding carboxylic acids is 1. The SMILES string of the molecule is Cc1c(Nc2ccc(C#N)cc2Cl)ncnc1OC1C2CN(C(=O)OC(C)C)CC1CS(=O)(=O)C2. The molecule has 2 saturated heterocycles. The summed E-state index contributed by atoms with van der Waals surface area (Å²) in [6, 6.07) is 6.91. The van der Waals surface area contributed by atoms with Gasteiger partial charge in [-0.3, -0.25) is 0 Å². The summed E-state index contributed by atoms with van der Waals surface area (Å²) < 4.78 is 36.5. The van der Waals surface area contributed by atoms with Gasteiger partial charge in [-0.1, -0.05) is 11.6 Å². The Balaban J connectivity index is 1.55. The van der Waals surface area contributed by atoms with Gasteiger partial charge in [0.1, 0.15) is 18.2 Å². The number of nitrogens with zero attached hydrogens (tertiary/aromatic N) is 4. The lowest BCUT2D eigenvalue weighted by Gasteiger charge is -2.45. The first kappa shape index (κ1) is 25.0. The minimum atomic E-state index is -3.25. The van der Waals surface area contributed by atoms with Gasteiger partial charge in [0.05, 0.1) is 45.5 Å². The zero-order chi connectivity index (χ0) is 25.3. The van der Waals surface area contributed by atoms with E-state index in [1.165, 1.54) is 6.33 Å². The molecule has 2 aliphatic heterocycles. The van der Waals surface area contributed by atoms with Gasteiger partial charge < -0.3 is 19.7 Å². The number of likely N-dealkylation sites (tertiary alicyclic amines) is 1. The number of carbonyl (C=O) groups is 1. The van der Waals surface area contributed by atoms with E-state index in [1.807, 2.05) is 6.07 Å². The normalized spacial score (nSPS) is 22.9. The van der Waals surface area contributed by atoms with Crippen molar-refractivity contribution in [3.63, 3.8) is 0 Å². The van der Waals surface area contributed by atoms with Gasteiger partial charge >= 0.3 is 6.09 Å². The minimum Gasteiger partial charge on any atom is -0.473 e. The standard InChI is InChI=1S/C23H26ClN5O5S/c1-13(2)33-23(30)29-8-16-10-35(31,32)11-17(9-29)20(16)34-22-14(3)21(26-12-27-22)28-19-5-4-15(7-25)6-18(19)24/h4-6,12-13,16-17,20H,8-11H2,1-3H3,(H,26,27,28). The molecule has 2 fully saturated rings. The zero-order valence-electron chi connectivity index (χ0n) is 19.6. The molecule has 3 heterocycles. The number of anilines is 2. The Morgan fingerprint density at radius 1 is 1.26 bits per heavy atom. The van der Waals surface area contributed by atoms with Crippen molar-refractivity contribution in [2.75, 3.05) is 29.9 Å². The molecule has 2 unspecified atom stereocenters. The van der Waals surface area contributed by atoms with Crippen LogP contribution in [0.1, 0.15) is 25.0 Å². The Bertz CT molecular complexity index is 1260. The summed E-state index contributed by atoms with van der Waals surface area (Å²) >= 11 is 6.28. The van der Waals surface area contributed by atoms with Crippen LogP contribution in [0.4, 0.5) is 16.3 Å². The highest BCUT2D eigenvalue weighted by atomic mass is 35.5. The Labute approximate surface area is 209 Å². The number of nitrogens with one attached hydrogen (secondary N) is 1. The van der Waals surface area contributed by atoms with E-state index >= 15 is 0 Å². The molecule has 1 aromatic carbocycles. The molecular formula is C23H26ClN5O5S. The van der Waals surface area contributed by atoms with Crippen LogP contribution in [0.15, 0.2) is 24.5 Å². The van der Waals surface area contributed by atoms with E-state index < -0.39 is 33.9 Å². The number of benzene rings is 1. The average molecular weight is 520 g/mol. The van der Waals surface area contributed by atoms with Crippen LogP contribution in [0.25, 0.3) is 0 Å². The van der Waals surface area contributed by atoms with E-state index in [2.05, 4.69) is 15.3 Å². The zero-order valence-corrected chi connectivity index (χ0v) is 21.1. The van der Waals surface area contributed by atoms with Gasteiger partial charge in [-0.15, -0.1) is 0 Å². The molecule has 1 N–H and O–H groups in total. The van der Waals surface area contributed by atoms with Gasteiger partial charge in [-0.25, -0.2) is 23.2 Å². The maximum Gasteiger partial charge on any atom is 0.410 e. The van der Waals surface area contributed by atoms with Crippen LogP contribution in [0, 0.1) is 30.1 Å². The first-order valence-electron chi connectivity index (χ1n) is 11.2. The molecule has 0 saturated carbocycles. The summed E-state index contributed by atoms with van der Waals surface area (Å²) in [5, 5.41) is 12.5. The lowest BCUT2D eigenvalue weighted by Crippen LogP contribution is -2.60. The van der Waals surface area contributed by atoms with Gasteiger partial charge in [0.25, 0.3) is 0 Å². The summed E-state index contributed by atoms with van der Waals surface area (Å²) in [7, 11) is -3.25. The molecule has 2 atom stereocenters. The van der Waals surface area contributed by atoms with E-state index in [-0.39, 0.29) is 30.7 Å². The third-order valence-electron chi connectivity index (χ3n) is 6.01. The van der Waals surface area contributed by atoms with Gasteiger partial charge in [-0.2, -0.15) is 5.26 Å². The molecule has 0 radical (unpaired) electrons. The second kappa shape index (κ2) is 9.87. The lowest BCUT2D eigenvalue weighted by atomic mass is 9.87. The Morgan fingerprint density at radius 2 is 1.94 bits per heavy atom. The van der Waals surface area contributed by atoms with Crippen LogP contribution in [-0.4, -0.2) is 66.2 Å². The average Bonchev–Trinajstić information content (AvgIpc) is 2.77. The number of fused-ring (bicyclic) bond motifs is 2. The van der Waals surface area contributed by atoms with Crippen molar-refractivity contribution in [1.29, 1.82) is 5.26 Å². The fourth-order valence-electron chi connectivity index (χ4n) is 4.49. The number of piperidine rings is 1. The summed E-state index contributed by atoms with van der Waals surface area (Å²) in [6.07, 6.45) is 0.210. The van der Waals surface area contributed by atoms with Crippen molar-refractivity contribution in [3.05, 3.63) is 40.7 Å². The summed E-state index contributed by atoms with van der Waals surface area (Å²) in [4.78, 5) is 22.6. The third kappa shape index (κ3) is 5.60. The fraction of sp³-hybridized carbons (Fsp3) is 0.478. The molecule has 1 amide bonds. The molecule has 2 aromatic rings. The molecule has 186 valence electrons. The van der Waals surface area contributed by atoms with Crippen LogP contribution >= 0.6 is 11.6 Å². The van der Waals surface area contributed by atoms with Gasteiger partial charge in [-0.05, 0) is 39.0 Å². The summed E-state index contributed by atoms with van der Waals surface area (Å²) in [6.45, 7) is 5.78. The van der Waals surface area contributed by atoms with E-state index in [9.17, 15) is 13.2 Å². The number of hydrogen-bond acceptors (Lipinski definition) is 9. The lowest BCUT2D eigenvalue weighted by molar-refractivity contribution is -0.00500. The van der Waals surface area contributed by atoms with Crippen molar-refractivity contribution in [2.45, 2.75) is 33.0 Å². The molecule has 0 spiro atoms. The predicted octanol–water partition coefficient (Wildman–Crippen LogP) is 3.32. The van der Waals surface area contributed by atoms with Crippen molar-refractivity contribution in [3.8, 4) is 11.9 Å². The summed E-state index contributed by atoms with van der Waals surface area (Å²) in [5.41, 5.74) is 1.63. The smallest absolute Gasteiger partial charge is 0.410 e. The number of aromatic nitrogens is 2. The van der Waals surface area contributed by atoms with Crippen molar-refractivity contribution >= 4 is 39.0 Å². The molecule has 35 heavy (non-hydrogen) atoms. The second-order valence-electron chi connectivity index (χ2n) is 9.10. The monoisotopic (exact) mass is 519 g/mol. The topological polar surface area (TPSA) is 135 Å². The first-order chi connectivity index (χ1) is 16.6.